The number of benzene rings is 1. The van der Waals surface area contributed by atoms with Crippen molar-refractivity contribution in [1.29, 1.82) is 0 Å². The van der Waals surface area contributed by atoms with Crippen LogP contribution in [0.5, 0.6) is 6.01 Å². The van der Waals surface area contributed by atoms with Crippen LogP contribution in [-0.2, 0) is 10.2 Å². The lowest BCUT2D eigenvalue weighted by atomic mass is 9.41. The Morgan fingerprint density at radius 3 is 2.38 bits per heavy atom. The van der Waals surface area contributed by atoms with Gasteiger partial charge in [-0.3, -0.25) is 4.79 Å². The van der Waals surface area contributed by atoms with Crippen LogP contribution >= 0.6 is 0 Å². The van der Waals surface area contributed by atoms with Crippen molar-refractivity contribution >= 4 is 11.6 Å². The summed E-state index contributed by atoms with van der Waals surface area (Å²) in [5.41, 5.74) is 1.58. The van der Waals surface area contributed by atoms with Crippen LogP contribution in [0.1, 0.15) is 102 Å². The van der Waals surface area contributed by atoms with Crippen molar-refractivity contribution in [3.05, 3.63) is 48.4 Å². The summed E-state index contributed by atoms with van der Waals surface area (Å²) in [6.45, 7) is 3.09. The maximum atomic E-state index is 14.4. The summed E-state index contributed by atoms with van der Waals surface area (Å²) in [6, 6.07) is 8.47. The second kappa shape index (κ2) is 9.32. The number of alkyl halides is 1. The third kappa shape index (κ3) is 4.42. The molecule has 7 aliphatic rings. The van der Waals surface area contributed by atoms with Crippen LogP contribution < -0.4 is 9.64 Å². The molecular formula is C33H38FN5O3. The van der Waals surface area contributed by atoms with E-state index < -0.39 is 5.67 Å². The number of carbonyl (C=O) groups excluding carboxylic acids is 1. The van der Waals surface area contributed by atoms with Crippen molar-refractivity contribution in [3.8, 4) is 17.1 Å². The number of ether oxygens (including phenoxy) is 1. The molecule has 9 heteroatoms. The fraction of sp³-hybridized carbons (Fsp3) is 0.606. The number of halogens is 1. The normalized spacial score (nSPS) is 32.6. The Balaban J connectivity index is 1.04. The second-order valence-electron chi connectivity index (χ2n) is 14.1. The summed E-state index contributed by atoms with van der Waals surface area (Å²) in [4.78, 5) is 29.6. The van der Waals surface area contributed by atoms with E-state index >= 15 is 0 Å². The van der Waals surface area contributed by atoms with Crippen LogP contribution in [0.15, 0.2) is 41.2 Å². The highest BCUT2D eigenvalue weighted by atomic mass is 19.1. The molecule has 10 rings (SSSR count). The van der Waals surface area contributed by atoms with Gasteiger partial charge in [0.25, 0.3) is 0 Å². The number of carbonyl (C=O) groups is 1. The van der Waals surface area contributed by atoms with Crippen LogP contribution in [0.25, 0.3) is 11.1 Å². The smallest absolute Gasteiger partial charge is 0.316 e. The molecule has 0 aliphatic heterocycles. The molecule has 0 unspecified atom stereocenters. The minimum absolute atomic E-state index is 0.0222. The molecule has 1 aromatic carbocycles. The van der Waals surface area contributed by atoms with Gasteiger partial charge < -0.3 is 14.2 Å². The van der Waals surface area contributed by atoms with Crippen LogP contribution in [-0.4, -0.2) is 44.8 Å². The molecule has 0 saturated heterocycles. The first-order valence-electron chi connectivity index (χ1n) is 15.7. The van der Waals surface area contributed by atoms with E-state index in [0.29, 0.717) is 50.8 Å². The van der Waals surface area contributed by atoms with E-state index in [1.54, 1.807) is 12.4 Å². The molecule has 4 bridgehead atoms. The molecule has 220 valence electrons. The van der Waals surface area contributed by atoms with E-state index in [1.165, 1.54) is 12.8 Å². The number of fused-ring (bicyclic) bond motifs is 3. The Kier molecular flexibility index (Phi) is 5.83. The summed E-state index contributed by atoms with van der Waals surface area (Å²) in [6.07, 6.45) is 14.0. The molecule has 1 amide bonds. The standard InChI is InChI=1S/C33H38FN5O3/c1-2-41-29-35-16-24(17-36-29)23-4-3-5-25(14-23)39(26(40)15-31-18-33(34,19-31)20-31)21-30-8-11-32(12-9-30,13-10-30)28-37-27(38-42-28)22-6-7-22/h3-5,14,16-17,22H,2,6-13,15,18-21H2,1H3. The van der Waals surface area contributed by atoms with Crippen molar-refractivity contribution in [3.63, 3.8) is 0 Å². The van der Waals surface area contributed by atoms with Crippen LogP contribution in [0.2, 0.25) is 0 Å². The SMILES string of the molecule is CCOc1ncc(-c2cccc(N(CC34CCC(c5nc(C6CC6)no5)(CC3)CC4)C(=O)CC34CC(F)(C3)C4)c2)cn1. The van der Waals surface area contributed by atoms with Gasteiger partial charge in [0.1, 0.15) is 5.67 Å². The van der Waals surface area contributed by atoms with Crippen molar-refractivity contribution in [2.24, 2.45) is 10.8 Å². The first kappa shape index (κ1) is 26.3. The lowest BCUT2D eigenvalue weighted by Gasteiger charge is -2.66. The molecule has 7 saturated carbocycles. The average Bonchev–Trinajstić information content (AvgIpc) is 3.71. The predicted molar refractivity (Wildman–Crippen MR) is 154 cm³/mol. The molecule has 0 atom stereocenters. The maximum absolute atomic E-state index is 14.4. The van der Waals surface area contributed by atoms with Crippen LogP contribution in [0.4, 0.5) is 10.1 Å². The van der Waals surface area contributed by atoms with Gasteiger partial charge in [0.2, 0.25) is 11.8 Å². The van der Waals surface area contributed by atoms with Gasteiger partial charge >= 0.3 is 6.01 Å². The Labute approximate surface area is 245 Å². The zero-order valence-electron chi connectivity index (χ0n) is 24.3. The highest BCUT2D eigenvalue weighted by molar-refractivity contribution is 5.95. The van der Waals surface area contributed by atoms with E-state index in [2.05, 4.69) is 21.2 Å². The topological polar surface area (TPSA) is 94.2 Å². The molecule has 0 radical (unpaired) electrons. The number of nitrogens with zero attached hydrogens (tertiary/aromatic N) is 5. The lowest BCUT2D eigenvalue weighted by molar-refractivity contribution is -0.215. The van der Waals surface area contributed by atoms with E-state index in [1.807, 2.05) is 30.0 Å². The molecule has 42 heavy (non-hydrogen) atoms. The van der Waals surface area contributed by atoms with Gasteiger partial charge in [-0.05, 0) is 106 Å². The zero-order valence-corrected chi connectivity index (χ0v) is 24.3. The van der Waals surface area contributed by atoms with Crippen molar-refractivity contribution in [1.82, 2.24) is 20.1 Å². The number of rotatable bonds is 10. The molecule has 7 aliphatic carbocycles. The fourth-order valence-corrected chi connectivity index (χ4v) is 8.42. The highest BCUT2D eigenvalue weighted by Crippen LogP contribution is 2.71. The second-order valence-corrected chi connectivity index (χ2v) is 14.1. The Hall–Kier alpha value is -3.36. The third-order valence-corrected chi connectivity index (χ3v) is 11.0. The number of amides is 1. The molecule has 7 fully saturated rings. The lowest BCUT2D eigenvalue weighted by Crippen LogP contribution is -2.65. The quantitative estimate of drug-likeness (QED) is 0.267. The monoisotopic (exact) mass is 571 g/mol. The van der Waals surface area contributed by atoms with Crippen LogP contribution in [0.3, 0.4) is 0 Å². The minimum Gasteiger partial charge on any atom is -0.464 e. The van der Waals surface area contributed by atoms with Gasteiger partial charge in [-0.1, -0.05) is 17.3 Å². The average molecular weight is 572 g/mol. The minimum atomic E-state index is -1.01. The molecular weight excluding hydrogens is 533 g/mol. The van der Waals surface area contributed by atoms with E-state index in [0.717, 1.165) is 67.1 Å². The first-order valence-corrected chi connectivity index (χ1v) is 15.7. The molecule has 0 N–H and O–H groups in total. The van der Waals surface area contributed by atoms with E-state index in [9.17, 15) is 9.18 Å². The zero-order chi connectivity index (χ0) is 28.6. The van der Waals surface area contributed by atoms with Gasteiger partial charge in [0.15, 0.2) is 5.82 Å². The van der Waals surface area contributed by atoms with Crippen molar-refractivity contribution in [2.45, 2.75) is 101 Å². The number of hydrogen-bond donors (Lipinski definition) is 0. The summed E-state index contributed by atoms with van der Waals surface area (Å²) < 4.78 is 25.6. The summed E-state index contributed by atoms with van der Waals surface area (Å²) in [5, 5.41) is 4.31. The fourth-order valence-electron chi connectivity index (χ4n) is 8.42. The maximum Gasteiger partial charge on any atom is 0.316 e. The Bertz CT molecular complexity index is 1470. The van der Waals surface area contributed by atoms with Gasteiger partial charge in [0, 0.05) is 47.9 Å². The summed E-state index contributed by atoms with van der Waals surface area (Å²) in [5.74, 6) is 2.32. The molecule has 3 aromatic rings. The van der Waals surface area contributed by atoms with Crippen LogP contribution in [0, 0.1) is 10.8 Å². The first-order chi connectivity index (χ1) is 20.3. The van der Waals surface area contributed by atoms with Gasteiger partial charge in [-0.15, -0.1) is 0 Å². The van der Waals surface area contributed by atoms with Gasteiger partial charge in [-0.25, -0.2) is 14.4 Å². The molecule has 8 nitrogen and oxygen atoms in total. The number of hydrogen-bond acceptors (Lipinski definition) is 7. The third-order valence-electron chi connectivity index (χ3n) is 11.0. The number of aromatic nitrogens is 4. The summed E-state index contributed by atoms with van der Waals surface area (Å²) >= 11 is 0. The van der Waals surface area contributed by atoms with E-state index in [-0.39, 0.29) is 22.2 Å². The number of anilines is 1. The predicted octanol–water partition coefficient (Wildman–Crippen LogP) is 6.71. The van der Waals surface area contributed by atoms with Gasteiger partial charge in [0.05, 0.1) is 6.61 Å². The van der Waals surface area contributed by atoms with E-state index in [4.69, 9.17) is 14.2 Å². The van der Waals surface area contributed by atoms with Gasteiger partial charge in [-0.2, -0.15) is 4.98 Å². The molecule has 2 heterocycles. The molecule has 0 spiro atoms. The highest BCUT2D eigenvalue weighted by Gasteiger charge is 2.69. The summed E-state index contributed by atoms with van der Waals surface area (Å²) in [7, 11) is 0. The van der Waals surface area contributed by atoms with Crippen molar-refractivity contribution in [2.75, 3.05) is 18.1 Å². The Morgan fingerprint density at radius 1 is 1.02 bits per heavy atom. The largest absolute Gasteiger partial charge is 0.464 e. The van der Waals surface area contributed by atoms with Crippen molar-refractivity contribution < 1.29 is 18.4 Å². The Morgan fingerprint density at radius 2 is 1.74 bits per heavy atom. The molecule has 2 aromatic heterocycles.